The average molecular weight is 183 g/mol. The summed E-state index contributed by atoms with van der Waals surface area (Å²) in [7, 11) is 0. The van der Waals surface area contributed by atoms with Gasteiger partial charge >= 0.3 is 12.0 Å². The van der Waals surface area contributed by atoms with Crippen molar-refractivity contribution in [2.75, 3.05) is 0 Å². The first-order valence-corrected chi connectivity index (χ1v) is 4.01. The molecule has 13 heavy (non-hydrogen) atoms. The minimum atomic E-state index is -0.406. The van der Waals surface area contributed by atoms with Gasteiger partial charge in [0, 0.05) is 12.3 Å². The summed E-state index contributed by atoms with van der Waals surface area (Å²) in [5, 5.41) is 6.47. The van der Waals surface area contributed by atoms with Gasteiger partial charge in [-0.1, -0.05) is 20.8 Å². The summed E-state index contributed by atoms with van der Waals surface area (Å²) >= 11 is 0. The number of H-pyrrole nitrogens is 1. The van der Waals surface area contributed by atoms with Crippen molar-refractivity contribution in [3.63, 3.8) is 0 Å². The van der Waals surface area contributed by atoms with E-state index in [1.807, 2.05) is 20.8 Å². The lowest BCUT2D eigenvalue weighted by molar-refractivity contribution is -0.132. The van der Waals surface area contributed by atoms with Crippen molar-refractivity contribution >= 4 is 5.97 Å². The largest absolute Gasteiger partial charge is 0.391 e. The molecule has 0 spiro atoms. The lowest BCUT2D eigenvalue weighted by Gasteiger charge is -2.11. The first kappa shape index (κ1) is 9.70. The molecule has 1 aromatic heterocycles. The highest BCUT2D eigenvalue weighted by atomic mass is 16.5. The van der Waals surface area contributed by atoms with Gasteiger partial charge in [0.1, 0.15) is 0 Å². The molecule has 1 heterocycles. The maximum Gasteiger partial charge on any atom is 0.320 e. The van der Waals surface area contributed by atoms with Crippen LogP contribution in [0.5, 0.6) is 6.01 Å². The van der Waals surface area contributed by atoms with E-state index in [2.05, 4.69) is 15.2 Å². The topological polar surface area (TPSA) is 67.9 Å². The molecule has 0 atom stereocenters. The maximum absolute atomic E-state index is 10.6. The molecule has 0 saturated heterocycles. The number of nitrogens with zero attached hydrogens (tertiary/aromatic N) is 2. The third kappa shape index (κ3) is 2.54. The van der Waals surface area contributed by atoms with Gasteiger partial charge in [-0.15, -0.1) is 0 Å². The van der Waals surface area contributed by atoms with Crippen LogP contribution in [0.25, 0.3) is 0 Å². The van der Waals surface area contributed by atoms with Gasteiger partial charge < -0.3 is 4.74 Å². The second-order valence-electron chi connectivity index (χ2n) is 3.81. The highest BCUT2D eigenvalue weighted by Crippen LogP contribution is 2.18. The van der Waals surface area contributed by atoms with Crippen LogP contribution in [0.1, 0.15) is 33.5 Å². The molecule has 0 fully saturated rings. The zero-order valence-electron chi connectivity index (χ0n) is 8.21. The van der Waals surface area contributed by atoms with E-state index in [0.717, 1.165) is 0 Å². The highest BCUT2D eigenvalue weighted by molar-refractivity contribution is 5.68. The van der Waals surface area contributed by atoms with Crippen LogP contribution in [-0.4, -0.2) is 21.2 Å². The molecule has 0 saturated carbocycles. The third-order valence-corrected chi connectivity index (χ3v) is 1.38. The monoisotopic (exact) mass is 183 g/mol. The maximum atomic E-state index is 10.6. The van der Waals surface area contributed by atoms with Crippen LogP contribution in [0.4, 0.5) is 0 Å². The van der Waals surface area contributed by atoms with E-state index in [0.29, 0.717) is 5.82 Å². The van der Waals surface area contributed by atoms with Crippen LogP contribution in [0.2, 0.25) is 0 Å². The predicted molar refractivity (Wildman–Crippen MR) is 46.4 cm³/mol. The zero-order valence-corrected chi connectivity index (χ0v) is 8.21. The fourth-order valence-electron chi connectivity index (χ4n) is 0.764. The van der Waals surface area contributed by atoms with Crippen LogP contribution in [0.3, 0.4) is 0 Å². The molecule has 1 rings (SSSR count). The SMILES string of the molecule is CC(=O)Oc1nc(C(C)(C)C)n[nH]1. The van der Waals surface area contributed by atoms with Gasteiger partial charge in [-0.05, 0) is 0 Å². The lowest BCUT2D eigenvalue weighted by atomic mass is 9.96. The number of rotatable bonds is 1. The fraction of sp³-hybridized carbons (Fsp3) is 0.625. The molecular weight excluding hydrogens is 170 g/mol. The second kappa shape index (κ2) is 3.16. The average Bonchev–Trinajstić information content (AvgIpc) is 2.32. The number of ether oxygens (including phenoxy) is 1. The number of nitrogens with one attached hydrogen (secondary N) is 1. The van der Waals surface area contributed by atoms with E-state index in [1.165, 1.54) is 6.92 Å². The summed E-state index contributed by atoms with van der Waals surface area (Å²) in [5.74, 6) is 0.223. The van der Waals surface area contributed by atoms with Crippen LogP contribution in [0.15, 0.2) is 0 Å². The molecule has 0 unspecified atom stereocenters. The molecule has 0 aliphatic rings. The van der Waals surface area contributed by atoms with Crippen LogP contribution < -0.4 is 4.74 Å². The molecule has 0 aromatic carbocycles. The fourth-order valence-corrected chi connectivity index (χ4v) is 0.764. The number of hydrogen-bond acceptors (Lipinski definition) is 4. The predicted octanol–water partition coefficient (Wildman–Crippen LogP) is 1.03. The van der Waals surface area contributed by atoms with Gasteiger partial charge in [0.15, 0.2) is 5.82 Å². The Morgan fingerprint density at radius 1 is 1.46 bits per heavy atom. The summed E-state index contributed by atoms with van der Waals surface area (Å²) in [4.78, 5) is 14.6. The van der Waals surface area contributed by atoms with E-state index in [9.17, 15) is 4.79 Å². The molecule has 5 nitrogen and oxygen atoms in total. The molecule has 0 amide bonds. The van der Waals surface area contributed by atoms with Crippen molar-refractivity contribution in [2.45, 2.75) is 33.1 Å². The van der Waals surface area contributed by atoms with Gasteiger partial charge in [-0.3, -0.25) is 4.79 Å². The Labute approximate surface area is 76.5 Å². The third-order valence-electron chi connectivity index (χ3n) is 1.38. The molecular formula is C8H13N3O2. The molecule has 72 valence electrons. The minimum absolute atomic E-state index is 0.144. The van der Waals surface area contributed by atoms with Gasteiger partial charge in [0.2, 0.25) is 0 Å². The summed E-state index contributed by atoms with van der Waals surface area (Å²) < 4.78 is 4.72. The zero-order chi connectivity index (χ0) is 10.1. The van der Waals surface area contributed by atoms with E-state index in [1.54, 1.807) is 0 Å². The van der Waals surface area contributed by atoms with Crippen LogP contribution >= 0.6 is 0 Å². The van der Waals surface area contributed by atoms with Gasteiger partial charge in [0.25, 0.3) is 0 Å². The Morgan fingerprint density at radius 3 is 2.46 bits per heavy atom. The summed E-state index contributed by atoms with van der Waals surface area (Å²) in [6.07, 6.45) is 0. The smallest absolute Gasteiger partial charge is 0.320 e. The Balaban J connectivity index is 2.81. The molecule has 1 aromatic rings. The van der Waals surface area contributed by atoms with Crippen molar-refractivity contribution in [2.24, 2.45) is 0 Å². The Hall–Kier alpha value is -1.39. The summed E-state index contributed by atoms with van der Waals surface area (Å²) in [6.45, 7) is 7.26. The van der Waals surface area contributed by atoms with E-state index in [-0.39, 0.29) is 11.4 Å². The molecule has 0 aliphatic carbocycles. The summed E-state index contributed by atoms with van der Waals surface area (Å²) in [5.41, 5.74) is -0.144. The normalized spacial score (nSPS) is 11.4. The van der Waals surface area contributed by atoms with E-state index >= 15 is 0 Å². The molecule has 1 N–H and O–H groups in total. The highest BCUT2D eigenvalue weighted by Gasteiger charge is 2.20. The van der Waals surface area contributed by atoms with E-state index in [4.69, 9.17) is 4.74 Å². The molecule has 5 heteroatoms. The Morgan fingerprint density at radius 2 is 2.08 bits per heavy atom. The molecule has 0 radical (unpaired) electrons. The lowest BCUT2D eigenvalue weighted by Crippen LogP contribution is -2.13. The number of carbonyl (C=O) groups is 1. The summed E-state index contributed by atoms with van der Waals surface area (Å²) in [6, 6.07) is 0.150. The van der Waals surface area contributed by atoms with Gasteiger partial charge in [0.05, 0.1) is 0 Å². The van der Waals surface area contributed by atoms with Gasteiger partial charge in [-0.2, -0.15) is 10.1 Å². The first-order valence-electron chi connectivity index (χ1n) is 4.01. The second-order valence-corrected chi connectivity index (χ2v) is 3.81. The quantitative estimate of drug-likeness (QED) is 0.660. The standard InChI is InChI=1S/C8H13N3O2/c1-5(12)13-7-9-6(10-11-7)8(2,3)4/h1-4H3,(H,9,10,11). The first-order chi connectivity index (χ1) is 5.89. The number of esters is 1. The van der Waals surface area contributed by atoms with Crippen molar-refractivity contribution in [1.29, 1.82) is 0 Å². The number of carbonyl (C=O) groups excluding carboxylic acids is 1. The molecule has 0 aliphatic heterocycles. The minimum Gasteiger partial charge on any atom is -0.391 e. The van der Waals surface area contributed by atoms with Crippen molar-refractivity contribution in [3.8, 4) is 6.01 Å². The van der Waals surface area contributed by atoms with Crippen molar-refractivity contribution in [1.82, 2.24) is 15.2 Å². The van der Waals surface area contributed by atoms with Gasteiger partial charge in [-0.25, -0.2) is 5.10 Å². The van der Waals surface area contributed by atoms with Crippen molar-refractivity contribution in [3.05, 3.63) is 5.82 Å². The Bertz CT molecular complexity index is 311. The Kier molecular flexibility index (Phi) is 2.36. The van der Waals surface area contributed by atoms with Crippen LogP contribution in [0, 0.1) is 0 Å². The number of hydrogen-bond donors (Lipinski definition) is 1. The van der Waals surface area contributed by atoms with Crippen molar-refractivity contribution < 1.29 is 9.53 Å². The van der Waals surface area contributed by atoms with Crippen LogP contribution in [-0.2, 0) is 10.2 Å². The number of aromatic nitrogens is 3. The number of aromatic amines is 1. The molecule has 0 bridgehead atoms. The van der Waals surface area contributed by atoms with E-state index < -0.39 is 5.97 Å².